The molecule has 1 aliphatic rings. The van der Waals surface area contributed by atoms with Gasteiger partial charge in [0.05, 0.1) is 5.25 Å². The average Bonchev–Trinajstić information content (AvgIpc) is 2.78. The molecule has 1 aliphatic carbocycles. The van der Waals surface area contributed by atoms with Crippen molar-refractivity contribution in [2.24, 2.45) is 5.73 Å². The third-order valence-corrected chi connectivity index (χ3v) is 4.60. The van der Waals surface area contributed by atoms with Gasteiger partial charge in [0.25, 0.3) is 0 Å². The molecule has 1 aromatic carbocycles. The van der Waals surface area contributed by atoms with Crippen LogP contribution in [0.4, 0.5) is 0 Å². The molecule has 0 radical (unpaired) electrons. The van der Waals surface area contributed by atoms with Crippen LogP contribution >= 0.6 is 11.6 Å². The number of sulfone groups is 1. The summed E-state index contributed by atoms with van der Waals surface area (Å²) in [6, 6.07) is 6.89. The van der Waals surface area contributed by atoms with Crippen molar-refractivity contribution < 1.29 is 8.42 Å². The number of rotatable bonds is 2. The minimum absolute atomic E-state index is 0.0720. The fraction of sp³-hybridized carbons (Fsp3) is 0.400. The van der Waals surface area contributed by atoms with Crippen molar-refractivity contribution in [2.45, 2.75) is 17.2 Å². The summed E-state index contributed by atoms with van der Waals surface area (Å²) in [6.45, 7) is 0. The van der Waals surface area contributed by atoms with Gasteiger partial charge in [0.1, 0.15) is 0 Å². The van der Waals surface area contributed by atoms with E-state index in [0.717, 1.165) is 5.56 Å². The van der Waals surface area contributed by atoms with E-state index in [1.54, 1.807) is 12.1 Å². The van der Waals surface area contributed by atoms with Gasteiger partial charge in [0.15, 0.2) is 9.84 Å². The Bertz CT molecular complexity index is 469. The third-order valence-electron chi connectivity index (χ3n) is 2.76. The fourth-order valence-corrected chi connectivity index (χ4v) is 3.60. The number of nitrogens with two attached hydrogens (primary N) is 1. The maximum atomic E-state index is 11.3. The molecule has 1 aromatic rings. The first-order valence-corrected chi connectivity index (χ1v) is 6.94. The summed E-state index contributed by atoms with van der Waals surface area (Å²) in [7, 11) is -3.04. The van der Waals surface area contributed by atoms with Gasteiger partial charge in [0.2, 0.25) is 0 Å². The molecule has 1 saturated carbocycles. The average molecular weight is 246 g/mol. The van der Waals surface area contributed by atoms with E-state index in [0.29, 0.717) is 5.02 Å². The van der Waals surface area contributed by atoms with Gasteiger partial charge >= 0.3 is 0 Å². The third kappa shape index (κ3) is 2.02. The highest BCUT2D eigenvalue weighted by Crippen LogP contribution is 2.44. The van der Waals surface area contributed by atoms with Gasteiger partial charge in [-0.15, -0.1) is 0 Å². The largest absolute Gasteiger partial charge is 0.326 e. The Labute approximate surface area is 94.2 Å². The molecule has 2 rings (SSSR count). The Hall–Kier alpha value is -0.580. The van der Waals surface area contributed by atoms with Crippen LogP contribution in [-0.4, -0.2) is 26.0 Å². The predicted octanol–water partition coefficient (Wildman–Crippen LogP) is 1.18. The normalized spacial score (nSPS) is 30.2. The summed E-state index contributed by atoms with van der Waals surface area (Å²) in [6.07, 6.45) is 1.23. The van der Waals surface area contributed by atoms with E-state index in [1.165, 1.54) is 6.26 Å². The predicted molar refractivity (Wildman–Crippen MR) is 60.8 cm³/mol. The van der Waals surface area contributed by atoms with Crippen LogP contribution in [0.5, 0.6) is 0 Å². The van der Waals surface area contributed by atoms with E-state index >= 15 is 0 Å². The van der Waals surface area contributed by atoms with E-state index in [9.17, 15) is 8.42 Å². The number of hydrogen-bond acceptors (Lipinski definition) is 3. The van der Waals surface area contributed by atoms with Gasteiger partial charge in [-0.1, -0.05) is 23.7 Å². The minimum Gasteiger partial charge on any atom is -0.326 e. The molecule has 15 heavy (non-hydrogen) atoms. The van der Waals surface area contributed by atoms with Gasteiger partial charge in [-0.3, -0.25) is 0 Å². The summed E-state index contributed by atoms with van der Waals surface area (Å²) in [5, 5.41) is 0.211. The molecular weight excluding hydrogens is 234 g/mol. The SMILES string of the molecule is CS(=O)(=O)[C@H]1[C@H](N)[C@@H]1c1ccc(Cl)cc1. The van der Waals surface area contributed by atoms with Crippen molar-refractivity contribution in [3.05, 3.63) is 34.9 Å². The Morgan fingerprint density at radius 2 is 1.80 bits per heavy atom. The maximum Gasteiger partial charge on any atom is 0.152 e. The van der Waals surface area contributed by atoms with E-state index in [2.05, 4.69) is 0 Å². The quantitative estimate of drug-likeness (QED) is 0.851. The molecule has 0 aliphatic heterocycles. The highest BCUT2D eigenvalue weighted by atomic mass is 35.5. The molecule has 0 amide bonds. The first kappa shape index (κ1) is 10.9. The van der Waals surface area contributed by atoms with Crippen molar-refractivity contribution in [3.8, 4) is 0 Å². The lowest BCUT2D eigenvalue weighted by Crippen LogP contribution is -2.13. The first-order valence-electron chi connectivity index (χ1n) is 4.61. The van der Waals surface area contributed by atoms with Crippen molar-refractivity contribution in [2.75, 3.05) is 6.26 Å². The zero-order valence-electron chi connectivity index (χ0n) is 8.22. The summed E-state index contributed by atoms with van der Waals surface area (Å²) in [5.41, 5.74) is 6.70. The molecule has 0 heterocycles. The van der Waals surface area contributed by atoms with Gasteiger partial charge in [0, 0.05) is 23.2 Å². The zero-order chi connectivity index (χ0) is 11.2. The lowest BCUT2D eigenvalue weighted by Gasteiger charge is -1.98. The van der Waals surface area contributed by atoms with Crippen molar-refractivity contribution in [1.29, 1.82) is 0 Å². The Morgan fingerprint density at radius 1 is 1.27 bits per heavy atom. The lowest BCUT2D eigenvalue weighted by molar-refractivity contribution is 0.599. The van der Waals surface area contributed by atoms with Crippen LogP contribution in [0.15, 0.2) is 24.3 Å². The molecular formula is C10H12ClNO2S. The Balaban J connectivity index is 2.26. The van der Waals surface area contributed by atoms with E-state index < -0.39 is 15.1 Å². The van der Waals surface area contributed by atoms with Crippen molar-refractivity contribution >= 4 is 21.4 Å². The topological polar surface area (TPSA) is 60.2 Å². The van der Waals surface area contributed by atoms with Crippen molar-refractivity contribution in [3.63, 3.8) is 0 Å². The molecule has 0 unspecified atom stereocenters. The van der Waals surface area contributed by atoms with Crippen LogP contribution in [0, 0.1) is 0 Å². The molecule has 0 spiro atoms. The lowest BCUT2D eigenvalue weighted by atomic mass is 10.1. The highest BCUT2D eigenvalue weighted by Gasteiger charge is 2.54. The van der Waals surface area contributed by atoms with Gasteiger partial charge < -0.3 is 5.73 Å². The van der Waals surface area contributed by atoms with Crippen LogP contribution < -0.4 is 5.73 Å². The summed E-state index contributed by atoms with van der Waals surface area (Å²) < 4.78 is 22.7. The summed E-state index contributed by atoms with van der Waals surface area (Å²) in [4.78, 5) is 0. The summed E-state index contributed by atoms with van der Waals surface area (Å²) in [5.74, 6) is -0.0720. The van der Waals surface area contributed by atoms with Gasteiger partial charge in [-0.2, -0.15) is 0 Å². The van der Waals surface area contributed by atoms with E-state index in [-0.39, 0.29) is 12.0 Å². The second kappa shape index (κ2) is 3.47. The van der Waals surface area contributed by atoms with Gasteiger partial charge in [-0.25, -0.2) is 8.42 Å². The van der Waals surface area contributed by atoms with Crippen LogP contribution in [-0.2, 0) is 9.84 Å². The molecule has 5 heteroatoms. The molecule has 2 N–H and O–H groups in total. The van der Waals surface area contributed by atoms with E-state index in [1.807, 2.05) is 12.1 Å². The smallest absolute Gasteiger partial charge is 0.152 e. The second-order valence-electron chi connectivity index (χ2n) is 3.95. The van der Waals surface area contributed by atoms with Crippen molar-refractivity contribution in [1.82, 2.24) is 0 Å². The Morgan fingerprint density at radius 3 is 2.20 bits per heavy atom. The molecule has 3 nitrogen and oxygen atoms in total. The molecule has 0 bridgehead atoms. The highest BCUT2D eigenvalue weighted by molar-refractivity contribution is 7.91. The molecule has 82 valence electrons. The van der Waals surface area contributed by atoms with Crippen LogP contribution in [0.2, 0.25) is 5.02 Å². The first-order chi connectivity index (χ1) is 6.91. The zero-order valence-corrected chi connectivity index (χ0v) is 9.79. The van der Waals surface area contributed by atoms with Gasteiger partial charge in [-0.05, 0) is 17.7 Å². The van der Waals surface area contributed by atoms with Crippen LogP contribution in [0.1, 0.15) is 11.5 Å². The molecule has 0 saturated heterocycles. The number of hydrogen-bond donors (Lipinski definition) is 1. The monoisotopic (exact) mass is 245 g/mol. The standard InChI is InChI=1S/C10H12ClNO2S/c1-15(13,14)10-8(9(10)12)6-2-4-7(11)5-3-6/h2-5,8-10H,12H2,1H3/t8-,9+,10+/m0/s1. The number of halogens is 1. The summed E-state index contributed by atoms with van der Waals surface area (Å²) >= 11 is 5.75. The number of benzene rings is 1. The molecule has 0 aromatic heterocycles. The molecule has 1 fully saturated rings. The molecule has 3 atom stereocenters. The van der Waals surface area contributed by atoms with Crippen LogP contribution in [0.3, 0.4) is 0 Å². The minimum atomic E-state index is -3.04. The van der Waals surface area contributed by atoms with E-state index in [4.69, 9.17) is 17.3 Å². The van der Waals surface area contributed by atoms with Crippen LogP contribution in [0.25, 0.3) is 0 Å². The second-order valence-corrected chi connectivity index (χ2v) is 6.59. The fourth-order valence-electron chi connectivity index (χ4n) is 1.95. The Kier molecular flexibility index (Phi) is 2.53. The maximum absolute atomic E-state index is 11.3.